The molecule has 0 saturated heterocycles. The molecule has 0 unspecified atom stereocenters. The lowest BCUT2D eigenvalue weighted by Crippen LogP contribution is -2.50. The fourth-order valence-electron chi connectivity index (χ4n) is 1.30. The summed E-state index contributed by atoms with van der Waals surface area (Å²) in [5.41, 5.74) is 5.57. The van der Waals surface area contributed by atoms with Gasteiger partial charge in [0.15, 0.2) is 0 Å². The van der Waals surface area contributed by atoms with Gasteiger partial charge >= 0.3 is 6.09 Å². The van der Waals surface area contributed by atoms with Crippen LogP contribution in [-0.4, -0.2) is 24.8 Å². The third-order valence-electron chi connectivity index (χ3n) is 2.23. The summed E-state index contributed by atoms with van der Waals surface area (Å²) in [5, 5.41) is 2.76. The Kier molecular flexibility index (Phi) is 4.02. The lowest BCUT2D eigenvalue weighted by atomic mass is 9.88. The van der Waals surface area contributed by atoms with Crippen molar-refractivity contribution in [3.63, 3.8) is 0 Å². The second-order valence-electron chi connectivity index (χ2n) is 3.56. The number of carbonyl (C=O) groups is 1. The Bertz CT molecular complexity index is 167. The molecule has 4 nitrogen and oxygen atoms in total. The molecule has 1 amide bonds. The van der Waals surface area contributed by atoms with Gasteiger partial charge in [-0.15, -0.1) is 0 Å². The van der Waals surface area contributed by atoms with E-state index in [4.69, 9.17) is 10.5 Å². The van der Waals surface area contributed by atoms with Gasteiger partial charge in [0.05, 0.1) is 6.61 Å². The molecule has 0 aromatic carbocycles. The molecular formula is C9H18N2O2. The summed E-state index contributed by atoms with van der Waals surface area (Å²) < 4.78 is 4.93. The SMILES string of the molecule is CCCCOC(=O)NC1CC(N)C1. The average molecular weight is 186 g/mol. The fraction of sp³-hybridized carbons (Fsp3) is 0.889. The van der Waals surface area contributed by atoms with Crippen LogP contribution in [0.3, 0.4) is 0 Å². The van der Waals surface area contributed by atoms with Crippen molar-refractivity contribution in [1.82, 2.24) is 5.32 Å². The van der Waals surface area contributed by atoms with Gasteiger partial charge in [-0.1, -0.05) is 13.3 Å². The zero-order chi connectivity index (χ0) is 9.68. The molecule has 0 spiro atoms. The Morgan fingerprint density at radius 1 is 1.62 bits per heavy atom. The van der Waals surface area contributed by atoms with Gasteiger partial charge in [-0.05, 0) is 19.3 Å². The van der Waals surface area contributed by atoms with Crippen LogP contribution < -0.4 is 11.1 Å². The van der Waals surface area contributed by atoms with Crippen LogP contribution in [0.2, 0.25) is 0 Å². The van der Waals surface area contributed by atoms with Gasteiger partial charge in [0.1, 0.15) is 0 Å². The average Bonchev–Trinajstić information content (AvgIpc) is 2.02. The van der Waals surface area contributed by atoms with E-state index in [1.54, 1.807) is 0 Å². The Morgan fingerprint density at radius 2 is 2.31 bits per heavy atom. The van der Waals surface area contributed by atoms with E-state index in [1.165, 1.54) is 0 Å². The van der Waals surface area contributed by atoms with E-state index in [9.17, 15) is 4.79 Å². The van der Waals surface area contributed by atoms with Crippen molar-refractivity contribution in [1.29, 1.82) is 0 Å². The van der Waals surface area contributed by atoms with E-state index in [2.05, 4.69) is 12.2 Å². The quantitative estimate of drug-likeness (QED) is 0.644. The number of nitrogens with two attached hydrogens (primary N) is 1. The van der Waals surface area contributed by atoms with E-state index in [0.717, 1.165) is 25.7 Å². The van der Waals surface area contributed by atoms with Gasteiger partial charge in [0.25, 0.3) is 0 Å². The van der Waals surface area contributed by atoms with Crippen molar-refractivity contribution in [3.05, 3.63) is 0 Å². The number of hydrogen-bond donors (Lipinski definition) is 2. The van der Waals surface area contributed by atoms with Crippen LogP contribution in [0.4, 0.5) is 4.79 Å². The normalized spacial score (nSPS) is 26.3. The number of rotatable bonds is 4. The molecule has 0 aliphatic heterocycles. The third-order valence-corrected chi connectivity index (χ3v) is 2.23. The number of hydrogen-bond acceptors (Lipinski definition) is 3. The Hall–Kier alpha value is -0.770. The predicted molar refractivity (Wildman–Crippen MR) is 50.4 cm³/mol. The van der Waals surface area contributed by atoms with Crippen molar-refractivity contribution < 1.29 is 9.53 Å². The van der Waals surface area contributed by atoms with E-state index in [-0.39, 0.29) is 18.2 Å². The molecule has 1 rings (SSSR count). The van der Waals surface area contributed by atoms with Gasteiger partial charge in [-0.25, -0.2) is 4.79 Å². The smallest absolute Gasteiger partial charge is 0.407 e. The first-order chi connectivity index (χ1) is 6.22. The zero-order valence-corrected chi connectivity index (χ0v) is 8.08. The van der Waals surface area contributed by atoms with E-state index < -0.39 is 0 Å². The highest BCUT2D eigenvalue weighted by Crippen LogP contribution is 2.17. The van der Waals surface area contributed by atoms with Gasteiger partial charge in [-0.3, -0.25) is 0 Å². The molecule has 13 heavy (non-hydrogen) atoms. The molecule has 4 heteroatoms. The molecule has 0 aromatic rings. The first-order valence-electron chi connectivity index (χ1n) is 4.91. The van der Waals surface area contributed by atoms with E-state index in [1.807, 2.05) is 0 Å². The molecule has 0 bridgehead atoms. The molecule has 3 N–H and O–H groups in total. The summed E-state index contributed by atoms with van der Waals surface area (Å²) in [7, 11) is 0. The van der Waals surface area contributed by atoms with Crippen molar-refractivity contribution in [2.24, 2.45) is 5.73 Å². The van der Waals surface area contributed by atoms with Crippen molar-refractivity contribution in [2.45, 2.75) is 44.7 Å². The maximum absolute atomic E-state index is 11.1. The van der Waals surface area contributed by atoms with E-state index >= 15 is 0 Å². The lowest BCUT2D eigenvalue weighted by molar-refractivity contribution is 0.133. The van der Waals surface area contributed by atoms with Crippen molar-refractivity contribution in [2.75, 3.05) is 6.61 Å². The largest absolute Gasteiger partial charge is 0.450 e. The second kappa shape index (κ2) is 5.07. The first-order valence-corrected chi connectivity index (χ1v) is 4.91. The number of carbonyl (C=O) groups excluding carboxylic acids is 1. The molecule has 1 aliphatic rings. The number of unbranched alkanes of at least 4 members (excludes halogenated alkanes) is 1. The highest BCUT2D eigenvalue weighted by molar-refractivity contribution is 5.67. The fourth-order valence-corrected chi connectivity index (χ4v) is 1.30. The van der Waals surface area contributed by atoms with Crippen LogP contribution in [-0.2, 0) is 4.74 Å². The monoisotopic (exact) mass is 186 g/mol. The Balaban J connectivity index is 1.98. The van der Waals surface area contributed by atoms with Crippen LogP contribution in [0, 0.1) is 0 Å². The number of ether oxygens (including phenoxy) is 1. The van der Waals surface area contributed by atoms with Crippen molar-refractivity contribution >= 4 is 6.09 Å². The molecule has 76 valence electrons. The zero-order valence-electron chi connectivity index (χ0n) is 8.08. The minimum atomic E-state index is -0.301. The highest BCUT2D eigenvalue weighted by atomic mass is 16.5. The van der Waals surface area contributed by atoms with Crippen LogP contribution in [0.25, 0.3) is 0 Å². The lowest BCUT2D eigenvalue weighted by Gasteiger charge is -2.32. The Labute approximate surface area is 78.8 Å². The molecule has 1 aliphatic carbocycles. The molecule has 0 radical (unpaired) electrons. The van der Waals surface area contributed by atoms with Gasteiger partial charge < -0.3 is 15.8 Å². The summed E-state index contributed by atoms with van der Waals surface area (Å²) in [5.74, 6) is 0. The Morgan fingerprint density at radius 3 is 2.85 bits per heavy atom. The topological polar surface area (TPSA) is 64.3 Å². The maximum atomic E-state index is 11.1. The van der Waals surface area contributed by atoms with Crippen LogP contribution in [0.5, 0.6) is 0 Å². The van der Waals surface area contributed by atoms with Crippen LogP contribution in [0.15, 0.2) is 0 Å². The second-order valence-corrected chi connectivity index (χ2v) is 3.56. The molecule has 0 heterocycles. The highest BCUT2D eigenvalue weighted by Gasteiger charge is 2.27. The van der Waals surface area contributed by atoms with Gasteiger partial charge in [0.2, 0.25) is 0 Å². The van der Waals surface area contributed by atoms with Crippen LogP contribution >= 0.6 is 0 Å². The first kappa shape index (κ1) is 10.3. The summed E-state index contributed by atoms with van der Waals surface area (Å²) in [6, 6.07) is 0.505. The number of amides is 1. The minimum Gasteiger partial charge on any atom is -0.450 e. The number of alkyl carbamates (subject to hydrolysis) is 1. The molecule has 0 atom stereocenters. The minimum absolute atomic E-state index is 0.240. The molecule has 1 saturated carbocycles. The third kappa shape index (κ3) is 3.63. The molecule has 0 aromatic heterocycles. The summed E-state index contributed by atoms with van der Waals surface area (Å²) in [4.78, 5) is 11.1. The summed E-state index contributed by atoms with van der Waals surface area (Å²) >= 11 is 0. The summed E-state index contributed by atoms with van der Waals surface area (Å²) in [6.45, 7) is 2.58. The van der Waals surface area contributed by atoms with Gasteiger partial charge in [0, 0.05) is 12.1 Å². The van der Waals surface area contributed by atoms with Gasteiger partial charge in [-0.2, -0.15) is 0 Å². The van der Waals surface area contributed by atoms with Crippen molar-refractivity contribution in [3.8, 4) is 0 Å². The van der Waals surface area contributed by atoms with Crippen LogP contribution in [0.1, 0.15) is 32.6 Å². The number of nitrogens with one attached hydrogen (secondary N) is 1. The standard InChI is InChI=1S/C9H18N2O2/c1-2-3-4-13-9(12)11-8-5-7(10)6-8/h7-8H,2-6,10H2,1H3,(H,11,12). The predicted octanol–water partition coefficient (Wildman–Crippen LogP) is 1.00. The molecule has 1 fully saturated rings. The summed E-state index contributed by atoms with van der Waals surface area (Å²) in [6.07, 6.45) is 3.43. The van der Waals surface area contributed by atoms with E-state index in [0.29, 0.717) is 6.61 Å². The maximum Gasteiger partial charge on any atom is 0.407 e. The molecular weight excluding hydrogens is 168 g/mol.